The molecule has 15 heavy (non-hydrogen) atoms. The summed E-state index contributed by atoms with van der Waals surface area (Å²) < 4.78 is 0. The molecule has 0 aromatic carbocycles. The lowest BCUT2D eigenvalue weighted by molar-refractivity contribution is -0.140. The number of nitrogens with zero attached hydrogens (tertiary/aromatic N) is 1. The fourth-order valence-electron chi connectivity index (χ4n) is 1.42. The molecule has 0 spiro atoms. The van der Waals surface area contributed by atoms with Crippen molar-refractivity contribution in [2.45, 2.75) is 34.1 Å². The summed E-state index contributed by atoms with van der Waals surface area (Å²) in [5.41, 5.74) is 6.25. The predicted molar refractivity (Wildman–Crippen MR) is 64.5 cm³/mol. The quantitative estimate of drug-likeness (QED) is 0.682. The van der Waals surface area contributed by atoms with Crippen molar-refractivity contribution in [1.82, 2.24) is 4.90 Å². The Morgan fingerprint density at radius 2 is 2.00 bits per heavy atom. The zero-order valence-electron chi connectivity index (χ0n) is 10.5. The summed E-state index contributed by atoms with van der Waals surface area (Å²) >= 11 is 0. The van der Waals surface area contributed by atoms with Crippen LogP contribution in [0.3, 0.4) is 0 Å². The molecule has 88 valence electrons. The third-order valence-corrected chi connectivity index (χ3v) is 2.88. The number of likely N-dealkylation sites (N-methyl/N-ethyl adjacent to an activating group) is 1. The molecule has 0 heterocycles. The van der Waals surface area contributed by atoms with Crippen LogP contribution in [-0.2, 0) is 4.79 Å². The highest BCUT2D eigenvalue weighted by Gasteiger charge is 2.32. The summed E-state index contributed by atoms with van der Waals surface area (Å²) in [4.78, 5) is 14.0. The van der Waals surface area contributed by atoms with E-state index in [0.717, 1.165) is 12.0 Å². The van der Waals surface area contributed by atoms with Crippen LogP contribution >= 0.6 is 0 Å². The van der Waals surface area contributed by atoms with Crippen LogP contribution in [0.25, 0.3) is 0 Å². The maximum atomic E-state index is 12.2. The smallest absolute Gasteiger partial charge is 0.230 e. The minimum absolute atomic E-state index is 0.137. The highest BCUT2D eigenvalue weighted by molar-refractivity contribution is 5.82. The molecule has 0 fully saturated rings. The van der Waals surface area contributed by atoms with Crippen LogP contribution < -0.4 is 5.73 Å². The van der Waals surface area contributed by atoms with Gasteiger partial charge in [0, 0.05) is 19.6 Å². The van der Waals surface area contributed by atoms with Gasteiger partial charge in [0.25, 0.3) is 0 Å². The van der Waals surface area contributed by atoms with E-state index in [2.05, 4.69) is 6.58 Å². The van der Waals surface area contributed by atoms with Gasteiger partial charge in [-0.05, 0) is 27.2 Å². The molecule has 3 heteroatoms. The zero-order valence-corrected chi connectivity index (χ0v) is 10.5. The standard InChI is InChI=1S/C12H24N2O/c1-6-12(5,9-13)11(15)14(7-2)8-10(3)4/h3,6-9,13H2,1-2,4-5H3. The van der Waals surface area contributed by atoms with Crippen molar-refractivity contribution in [2.24, 2.45) is 11.1 Å². The summed E-state index contributed by atoms with van der Waals surface area (Å²) in [6.07, 6.45) is 0.773. The molecule has 2 N–H and O–H groups in total. The lowest BCUT2D eigenvalue weighted by atomic mass is 9.86. The van der Waals surface area contributed by atoms with E-state index in [1.807, 2.05) is 32.6 Å². The first-order valence-electron chi connectivity index (χ1n) is 5.55. The van der Waals surface area contributed by atoms with Crippen molar-refractivity contribution in [1.29, 1.82) is 0 Å². The van der Waals surface area contributed by atoms with Gasteiger partial charge in [0.1, 0.15) is 0 Å². The largest absolute Gasteiger partial charge is 0.338 e. The monoisotopic (exact) mass is 212 g/mol. The second-order valence-electron chi connectivity index (χ2n) is 4.39. The summed E-state index contributed by atoms with van der Waals surface area (Å²) in [7, 11) is 0. The van der Waals surface area contributed by atoms with E-state index in [0.29, 0.717) is 19.6 Å². The van der Waals surface area contributed by atoms with Crippen LogP contribution in [0.15, 0.2) is 12.2 Å². The number of nitrogens with two attached hydrogens (primary N) is 1. The molecule has 0 saturated heterocycles. The Balaban J connectivity index is 4.70. The molecular weight excluding hydrogens is 188 g/mol. The van der Waals surface area contributed by atoms with E-state index < -0.39 is 5.41 Å². The number of carbonyl (C=O) groups is 1. The van der Waals surface area contributed by atoms with Crippen molar-refractivity contribution < 1.29 is 4.79 Å². The van der Waals surface area contributed by atoms with Gasteiger partial charge in [0.2, 0.25) is 5.91 Å². The van der Waals surface area contributed by atoms with E-state index in [1.54, 1.807) is 0 Å². The van der Waals surface area contributed by atoms with Gasteiger partial charge >= 0.3 is 0 Å². The highest BCUT2D eigenvalue weighted by Crippen LogP contribution is 2.22. The first kappa shape index (κ1) is 14.2. The molecule has 0 aromatic heterocycles. The van der Waals surface area contributed by atoms with Crippen LogP contribution in [0.1, 0.15) is 34.1 Å². The second-order valence-corrected chi connectivity index (χ2v) is 4.39. The summed E-state index contributed by atoms with van der Waals surface area (Å²) in [5, 5.41) is 0. The van der Waals surface area contributed by atoms with E-state index in [-0.39, 0.29) is 5.91 Å². The van der Waals surface area contributed by atoms with Gasteiger partial charge in [0.15, 0.2) is 0 Å². The van der Waals surface area contributed by atoms with Crippen LogP contribution in [0.5, 0.6) is 0 Å². The van der Waals surface area contributed by atoms with Gasteiger partial charge in [-0.25, -0.2) is 0 Å². The maximum Gasteiger partial charge on any atom is 0.230 e. The molecule has 1 atom stereocenters. The Bertz CT molecular complexity index is 232. The topological polar surface area (TPSA) is 46.3 Å². The van der Waals surface area contributed by atoms with E-state index in [4.69, 9.17) is 5.73 Å². The van der Waals surface area contributed by atoms with Gasteiger partial charge in [-0.2, -0.15) is 0 Å². The van der Waals surface area contributed by atoms with E-state index >= 15 is 0 Å². The van der Waals surface area contributed by atoms with Gasteiger partial charge in [-0.3, -0.25) is 4.79 Å². The molecule has 0 aromatic rings. The minimum Gasteiger partial charge on any atom is -0.338 e. The second kappa shape index (κ2) is 5.91. The van der Waals surface area contributed by atoms with Crippen LogP contribution in [-0.4, -0.2) is 30.4 Å². The van der Waals surface area contributed by atoms with Crippen LogP contribution in [0, 0.1) is 5.41 Å². The number of rotatable bonds is 6. The summed E-state index contributed by atoms with van der Waals surface area (Å²) in [6, 6.07) is 0. The average molecular weight is 212 g/mol. The molecule has 0 bridgehead atoms. The molecule has 1 unspecified atom stereocenters. The average Bonchev–Trinajstić information content (AvgIpc) is 2.23. The Hall–Kier alpha value is -0.830. The first-order chi connectivity index (χ1) is 6.91. The summed E-state index contributed by atoms with van der Waals surface area (Å²) in [6.45, 7) is 13.4. The van der Waals surface area contributed by atoms with Crippen LogP contribution in [0.4, 0.5) is 0 Å². The van der Waals surface area contributed by atoms with Gasteiger partial charge in [0.05, 0.1) is 5.41 Å². The Kier molecular flexibility index (Phi) is 5.58. The molecule has 0 saturated carbocycles. The molecule has 1 amide bonds. The highest BCUT2D eigenvalue weighted by atomic mass is 16.2. The van der Waals surface area contributed by atoms with Gasteiger partial charge < -0.3 is 10.6 Å². The number of hydrogen-bond acceptors (Lipinski definition) is 2. The molecule has 0 aliphatic heterocycles. The SMILES string of the molecule is C=C(C)CN(CC)C(=O)C(C)(CC)CN. The van der Waals surface area contributed by atoms with Crippen molar-refractivity contribution >= 4 is 5.91 Å². The molecule has 0 aliphatic rings. The molecule has 0 radical (unpaired) electrons. The van der Waals surface area contributed by atoms with Crippen molar-refractivity contribution in [3.63, 3.8) is 0 Å². The Labute approximate surface area is 93.3 Å². The fraction of sp³-hybridized carbons (Fsp3) is 0.750. The lowest BCUT2D eigenvalue weighted by Crippen LogP contribution is -2.46. The van der Waals surface area contributed by atoms with Crippen molar-refractivity contribution in [3.8, 4) is 0 Å². The fourth-order valence-corrected chi connectivity index (χ4v) is 1.42. The molecule has 0 rings (SSSR count). The normalized spacial score (nSPS) is 14.5. The third-order valence-electron chi connectivity index (χ3n) is 2.88. The Morgan fingerprint density at radius 1 is 1.47 bits per heavy atom. The minimum atomic E-state index is -0.425. The van der Waals surface area contributed by atoms with E-state index in [1.165, 1.54) is 0 Å². The number of hydrogen-bond donors (Lipinski definition) is 1. The molecule has 3 nitrogen and oxygen atoms in total. The van der Waals surface area contributed by atoms with Gasteiger partial charge in [-0.1, -0.05) is 19.1 Å². The predicted octanol–water partition coefficient (Wildman–Crippen LogP) is 1.79. The molecular formula is C12H24N2O. The first-order valence-corrected chi connectivity index (χ1v) is 5.55. The maximum absolute atomic E-state index is 12.2. The van der Waals surface area contributed by atoms with Crippen LogP contribution in [0.2, 0.25) is 0 Å². The third kappa shape index (κ3) is 3.67. The van der Waals surface area contributed by atoms with Crippen molar-refractivity contribution in [3.05, 3.63) is 12.2 Å². The Morgan fingerprint density at radius 3 is 2.27 bits per heavy atom. The van der Waals surface area contributed by atoms with Crippen molar-refractivity contribution in [2.75, 3.05) is 19.6 Å². The molecule has 0 aliphatic carbocycles. The number of amides is 1. The van der Waals surface area contributed by atoms with E-state index in [9.17, 15) is 4.79 Å². The number of carbonyl (C=O) groups excluding carboxylic acids is 1. The zero-order chi connectivity index (χ0) is 12.1. The summed E-state index contributed by atoms with van der Waals surface area (Å²) in [5.74, 6) is 0.137. The lowest BCUT2D eigenvalue weighted by Gasteiger charge is -2.32. The van der Waals surface area contributed by atoms with Gasteiger partial charge in [-0.15, -0.1) is 0 Å².